The number of methoxy groups -OCH3 is 1. The number of halogens is 1. The van der Waals surface area contributed by atoms with Crippen molar-refractivity contribution >= 4 is 33.3 Å². The van der Waals surface area contributed by atoms with Crippen molar-refractivity contribution in [2.24, 2.45) is 0 Å². The van der Waals surface area contributed by atoms with Crippen molar-refractivity contribution in [2.75, 3.05) is 7.11 Å². The Morgan fingerprint density at radius 2 is 2.21 bits per heavy atom. The highest BCUT2D eigenvalue weighted by Crippen LogP contribution is 2.27. The van der Waals surface area contributed by atoms with Crippen molar-refractivity contribution in [3.05, 3.63) is 35.1 Å². The third-order valence-corrected chi connectivity index (χ3v) is 3.73. The summed E-state index contributed by atoms with van der Waals surface area (Å²) in [5, 5.41) is 9.45. The van der Waals surface area contributed by atoms with Gasteiger partial charge in [-0.1, -0.05) is 6.07 Å². The van der Waals surface area contributed by atoms with Crippen molar-refractivity contribution < 1.29 is 4.74 Å². The third-order valence-electron chi connectivity index (χ3n) is 2.35. The smallest absolute Gasteiger partial charge is 0.231 e. The average molecular weight is 338 g/mol. The molecule has 0 aromatic carbocycles. The van der Waals surface area contributed by atoms with Crippen molar-refractivity contribution in [3.63, 3.8) is 0 Å². The van der Waals surface area contributed by atoms with Crippen LogP contribution in [0.3, 0.4) is 0 Å². The molecule has 6 nitrogen and oxygen atoms in total. The summed E-state index contributed by atoms with van der Waals surface area (Å²) < 4.78 is 7.73. The zero-order chi connectivity index (χ0) is 13.2. The van der Waals surface area contributed by atoms with Crippen LogP contribution in [0.4, 0.5) is 0 Å². The average Bonchev–Trinajstić information content (AvgIpc) is 2.84. The first-order valence-electron chi connectivity index (χ1n) is 5.32. The van der Waals surface area contributed by atoms with Crippen LogP contribution in [0.25, 0.3) is 5.65 Å². The van der Waals surface area contributed by atoms with E-state index < -0.39 is 0 Å². The second kappa shape index (κ2) is 5.14. The van der Waals surface area contributed by atoms with Gasteiger partial charge >= 0.3 is 0 Å². The molecule has 0 unspecified atom stereocenters. The lowest BCUT2D eigenvalue weighted by Gasteiger charge is -2.03. The van der Waals surface area contributed by atoms with Gasteiger partial charge < -0.3 is 4.74 Å². The molecule has 0 amide bonds. The molecule has 3 heterocycles. The van der Waals surface area contributed by atoms with Gasteiger partial charge in [0.1, 0.15) is 0 Å². The van der Waals surface area contributed by atoms with Crippen LogP contribution in [0.15, 0.2) is 45.4 Å². The van der Waals surface area contributed by atoms with E-state index in [1.54, 1.807) is 13.3 Å². The predicted octanol–water partition coefficient (Wildman–Crippen LogP) is 2.44. The minimum Gasteiger partial charge on any atom is -0.480 e. The van der Waals surface area contributed by atoms with E-state index in [1.165, 1.54) is 11.8 Å². The van der Waals surface area contributed by atoms with Gasteiger partial charge in [-0.2, -0.15) is 4.98 Å². The molecule has 3 aromatic heterocycles. The van der Waals surface area contributed by atoms with Crippen molar-refractivity contribution in [3.8, 4) is 5.88 Å². The van der Waals surface area contributed by atoms with Crippen LogP contribution in [-0.4, -0.2) is 31.7 Å². The van der Waals surface area contributed by atoms with E-state index in [2.05, 4.69) is 36.1 Å². The Hall–Kier alpha value is -1.67. The van der Waals surface area contributed by atoms with Crippen LogP contribution in [0.2, 0.25) is 0 Å². The van der Waals surface area contributed by atoms with Crippen molar-refractivity contribution in [1.82, 2.24) is 24.6 Å². The molecule has 0 saturated carbocycles. The Balaban J connectivity index is 1.97. The summed E-state index contributed by atoms with van der Waals surface area (Å²) in [5.74, 6) is 0.492. The molecule has 0 N–H and O–H groups in total. The first kappa shape index (κ1) is 12.4. The lowest BCUT2D eigenvalue weighted by Crippen LogP contribution is -1.94. The van der Waals surface area contributed by atoms with E-state index in [4.69, 9.17) is 4.74 Å². The first-order chi connectivity index (χ1) is 9.28. The number of hydrogen-bond acceptors (Lipinski definition) is 6. The van der Waals surface area contributed by atoms with Crippen LogP contribution >= 0.6 is 27.7 Å². The van der Waals surface area contributed by atoms with Gasteiger partial charge in [0.05, 0.1) is 11.6 Å². The highest BCUT2D eigenvalue weighted by atomic mass is 79.9. The quantitative estimate of drug-likeness (QED) is 0.684. The first-order valence-corrected chi connectivity index (χ1v) is 6.93. The molecule has 96 valence electrons. The summed E-state index contributed by atoms with van der Waals surface area (Å²) in [6, 6.07) is 5.72. The molecule has 0 aliphatic heterocycles. The van der Waals surface area contributed by atoms with E-state index in [0.717, 1.165) is 5.65 Å². The number of pyridine rings is 1. The number of hydrogen-bond donors (Lipinski definition) is 0. The highest BCUT2D eigenvalue weighted by molar-refractivity contribution is 9.10. The van der Waals surface area contributed by atoms with Gasteiger partial charge in [0.15, 0.2) is 10.8 Å². The SMILES string of the molecule is COc1nc(Sc2nnc3ccccn23)ncc1Br. The molecular formula is C11H8BrN5OS. The molecule has 19 heavy (non-hydrogen) atoms. The van der Waals surface area contributed by atoms with Gasteiger partial charge in [0.25, 0.3) is 0 Å². The normalized spacial score (nSPS) is 10.8. The van der Waals surface area contributed by atoms with E-state index in [9.17, 15) is 0 Å². The fourth-order valence-corrected chi connectivity index (χ4v) is 2.58. The molecule has 0 aliphatic carbocycles. The van der Waals surface area contributed by atoms with E-state index >= 15 is 0 Å². The predicted molar refractivity (Wildman–Crippen MR) is 73.4 cm³/mol. The van der Waals surface area contributed by atoms with Gasteiger partial charge in [-0.05, 0) is 39.8 Å². The summed E-state index contributed by atoms with van der Waals surface area (Å²) in [7, 11) is 1.56. The number of ether oxygens (including phenoxy) is 1. The van der Waals surface area contributed by atoms with Gasteiger partial charge in [-0.15, -0.1) is 10.2 Å². The molecule has 8 heteroatoms. The number of nitrogens with zero attached hydrogens (tertiary/aromatic N) is 5. The van der Waals surface area contributed by atoms with Crippen LogP contribution in [-0.2, 0) is 0 Å². The van der Waals surface area contributed by atoms with Crippen LogP contribution < -0.4 is 4.74 Å². The highest BCUT2D eigenvalue weighted by Gasteiger charge is 2.11. The molecule has 0 aliphatic rings. The summed E-state index contributed by atoms with van der Waals surface area (Å²) in [5.41, 5.74) is 0.786. The van der Waals surface area contributed by atoms with Gasteiger partial charge in [0, 0.05) is 12.4 Å². The maximum Gasteiger partial charge on any atom is 0.231 e. The maximum absolute atomic E-state index is 5.14. The summed E-state index contributed by atoms with van der Waals surface area (Å²) >= 11 is 4.64. The Morgan fingerprint density at radius 1 is 1.32 bits per heavy atom. The van der Waals surface area contributed by atoms with Gasteiger partial charge in [-0.3, -0.25) is 4.40 Å². The summed E-state index contributed by atoms with van der Waals surface area (Å²) in [4.78, 5) is 8.49. The van der Waals surface area contributed by atoms with Crippen LogP contribution in [0.1, 0.15) is 0 Å². The summed E-state index contributed by atoms with van der Waals surface area (Å²) in [6.45, 7) is 0. The van der Waals surface area contributed by atoms with Gasteiger partial charge in [0.2, 0.25) is 11.0 Å². The lowest BCUT2D eigenvalue weighted by atomic mass is 10.5. The largest absolute Gasteiger partial charge is 0.480 e. The fraction of sp³-hybridized carbons (Fsp3) is 0.0909. The molecule has 0 radical (unpaired) electrons. The molecule has 0 bridgehead atoms. The molecular weight excluding hydrogens is 330 g/mol. The van der Waals surface area contributed by atoms with Crippen molar-refractivity contribution in [1.29, 1.82) is 0 Å². The Labute approximate surface area is 121 Å². The number of aromatic nitrogens is 5. The number of rotatable bonds is 3. The molecule has 3 aromatic rings. The second-order valence-corrected chi connectivity index (χ2v) is 5.31. The van der Waals surface area contributed by atoms with E-state index in [-0.39, 0.29) is 0 Å². The monoisotopic (exact) mass is 337 g/mol. The summed E-state index contributed by atoms with van der Waals surface area (Å²) in [6.07, 6.45) is 3.55. The second-order valence-electron chi connectivity index (χ2n) is 3.52. The molecule has 0 atom stereocenters. The molecule has 0 spiro atoms. The Kier molecular flexibility index (Phi) is 3.34. The molecule has 0 fully saturated rings. The zero-order valence-corrected chi connectivity index (χ0v) is 12.2. The topological polar surface area (TPSA) is 65.2 Å². The minimum atomic E-state index is 0.492. The van der Waals surface area contributed by atoms with E-state index in [0.29, 0.717) is 20.7 Å². The van der Waals surface area contributed by atoms with Gasteiger partial charge in [-0.25, -0.2) is 4.98 Å². The Bertz CT molecular complexity index is 732. The van der Waals surface area contributed by atoms with Crippen LogP contribution in [0, 0.1) is 0 Å². The maximum atomic E-state index is 5.14. The number of fused-ring (bicyclic) bond motifs is 1. The fourth-order valence-electron chi connectivity index (χ4n) is 1.50. The van der Waals surface area contributed by atoms with Crippen LogP contribution in [0.5, 0.6) is 5.88 Å². The van der Waals surface area contributed by atoms with E-state index in [1.807, 2.05) is 28.8 Å². The lowest BCUT2D eigenvalue weighted by molar-refractivity contribution is 0.389. The third kappa shape index (κ3) is 2.41. The minimum absolute atomic E-state index is 0.492. The zero-order valence-electron chi connectivity index (χ0n) is 9.82. The Morgan fingerprint density at radius 3 is 3.05 bits per heavy atom. The molecule has 3 rings (SSSR count). The molecule has 0 saturated heterocycles. The standard InChI is InChI=1S/C11H8BrN5OS/c1-18-9-7(12)6-13-10(14-9)19-11-16-15-8-4-2-3-5-17(8)11/h2-6H,1H3. The van der Waals surface area contributed by atoms with Crippen molar-refractivity contribution in [2.45, 2.75) is 10.3 Å².